The van der Waals surface area contributed by atoms with Crippen molar-refractivity contribution in [1.29, 1.82) is 0 Å². The normalized spacial score (nSPS) is 27.6. The third kappa shape index (κ3) is 4.28. The van der Waals surface area contributed by atoms with Crippen LogP contribution in [0.3, 0.4) is 0 Å². The van der Waals surface area contributed by atoms with E-state index >= 15 is 0 Å². The second-order valence-electron chi connectivity index (χ2n) is 9.95. The van der Waals surface area contributed by atoms with Gasteiger partial charge in [0.15, 0.2) is 0 Å². The molecule has 0 spiro atoms. The molecule has 6 rings (SSSR count). The number of carbonyl (C=O) groups is 1. The SMILES string of the molecule is O=C1C2C(c3ccccc3)CC(c3ccccc3)C1C(c1ccc(Cl)cc1)NC2c1ccc(Cl)cc1. The van der Waals surface area contributed by atoms with Crippen LogP contribution in [0.25, 0.3) is 0 Å². The fourth-order valence-electron chi connectivity index (χ4n) is 6.41. The van der Waals surface area contributed by atoms with Gasteiger partial charge in [0.2, 0.25) is 0 Å². The summed E-state index contributed by atoms with van der Waals surface area (Å²) in [5.74, 6) is 0.228. The highest BCUT2D eigenvalue weighted by Crippen LogP contribution is 2.56. The number of ketones is 1. The lowest BCUT2D eigenvalue weighted by molar-refractivity contribution is -0.137. The van der Waals surface area contributed by atoms with Crippen LogP contribution in [-0.2, 0) is 4.79 Å². The van der Waals surface area contributed by atoms with E-state index in [1.54, 1.807) is 0 Å². The van der Waals surface area contributed by atoms with Gasteiger partial charge in [0.1, 0.15) is 5.78 Å². The van der Waals surface area contributed by atoms with Gasteiger partial charge in [-0.25, -0.2) is 0 Å². The maximum atomic E-state index is 14.6. The molecule has 2 nitrogen and oxygen atoms in total. The molecule has 2 bridgehead atoms. The van der Waals surface area contributed by atoms with Gasteiger partial charge in [-0.15, -0.1) is 0 Å². The van der Waals surface area contributed by atoms with E-state index in [0.717, 1.165) is 17.5 Å². The number of nitrogens with one attached hydrogen (secondary N) is 1. The molecular weight excluding hydrogens is 485 g/mol. The van der Waals surface area contributed by atoms with Gasteiger partial charge in [-0.1, -0.05) is 108 Å². The molecule has 4 aromatic rings. The molecule has 180 valence electrons. The Bertz CT molecular complexity index is 1240. The first kappa shape index (κ1) is 23.5. The van der Waals surface area contributed by atoms with Gasteiger partial charge >= 0.3 is 0 Å². The van der Waals surface area contributed by atoms with Crippen LogP contribution in [0.15, 0.2) is 109 Å². The van der Waals surface area contributed by atoms with E-state index < -0.39 is 0 Å². The first-order valence-electron chi connectivity index (χ1n) is 12.5. The van der Waals surface area contributed by atoms with Crippen LogP contribution in [-0.4, -0.2) is 5.78 Å². The predicted molar refractivity (Wildman–Crippen MR) is 146 cm³/mol. The highest BCUT2D eigenvalue weighted by atomic mass is 35.5. The topological polar surface area (TPSA) is 29.1 Å². The summed E-state index contributed by atoms with van der Waals surface area (Å²) >= 11 is 12.5. The minimum Gasteiger partial charge on any atom is -0.302 e. The summed E-state index contributed by atoms with van der Waals surface area (Å²) in [4.78, 5) is 14.6. The molecule has 2 aliphatic rings. The third-order valence-corrected chi connectivity index (χ3v) is 8.53. The second kappa shape index (κ2) is 9.86. The van der Waals surface area contributed by atoms with Crippen LogP contribution in [0.5, 0.6) is 0 Å². The monoisotopic (exact) mass is 511 g/mol. The van der Waals surface area contributed by atoms with Crippen LogP contribution < -0.4 is 5.32 Å². The summed E-state index contributed by atoms with van der Waals surface area (Å²) in [5, 5.41) is 5.34. The first-order chi connectivity index (χ1) is 17.6. The molecule has 1 saturated heterocycles. The van der Waals surface area contributed by atoms with E-state index in [1.165, 1.54) is 11.1 Å². The molecule has 1 aliphatic heterocycles. The number of halogens is 2. The smallest absolute Gasteiger partial charge is 0.144 e. The van der Waals surface area contributed by atoms with E-state index in [-0.39, 0.29) is 35.8 Å². The minimum atomic E-state index is -0.165. The number of carbonyl (C=O) groups excluding carboxylic acids is 1. The molecule has 1 N–H and O–H groups in total. The Morgan fingerprint density at radius 1 is 0.528 bits per heavy atom. The van der Waals surface area contributed by atoms with Crippen LogP contribution in [0.4, 0.5) is 0 Å². The number of hydrogen-bond acceptors (Lipinski definition) is 2. The van der Waals surface area contributed by atoms with Crippen LogP contribution in [0, 0.1) is 11.8 Å². The largest absolute Gasteiger partial charge is 0.302 e. The Morgan fingerprint density at radius 3 is 1.31 bits per heavy atom. The molecule has 0 radical (unpaired) electrons. The number of hydrogen-bond donors (Lipinski definition) is 1. The molecule has 4 aromatic carbocycles. The molecular formula is C32H27Cl2NO. The van der Waals surface area contributed by atoms with Gasteiger partial charge in [0.25, 0.3) is 0 Å². The molecule has 1 saturated carbocycles. The Hall–Kier alpha value is -2.91. The fourth-order valence-corrected chi connectivity index (χ4v) is 6.67. The van der Waals surface area contributed by atoms with E-state index in [0.29, 0.717) is 15.8 Å². The first-order valence-corrected chi connectivity index (χ1v) is 13.3. The van der Waals surface area contributed by atoms with E-state index in [1.807, 2.05) is 36.4 Å². The molecule has 4 heteroatoms. The molecule has 36 heavy (non-hydrogen) atoms. The van der Waals surface area contributed by atoms with Crippen LogP contribution >= 0.6 is 23.2 Å². The average Bonchev–Trinajstić information content (AvgIpc) is 2.91. The average molecular weight is 512 g/mol. The molecule has 0 amide bonds. The van der Waals surface area contributed by atoms with E-state index in [9.17, 15) is 4.79 Å². The number of Topliss-reactive ketones (excluding diaryl/α,β-unsaturated/α-hetero) is 1. The molecule has 1 aliphatic carbocycles. The number of piperidine rings is 1. The Balaban J connectivity index is 1.51. The summed E-state index contributed by atoms with van der Waals surface area (Å²) in [6, 6.07) is 36.7. The van der Waals surface area contributed by atoms with Crippen LogP contribution in [0.1, 0.15) is 52.6 Å². The van der Waals surface area contributed by atoms with E-state index in [2.05, 4.69) is 78.1 Å². The maximum absolute atomic E-state index is 14.6. The van der Waals surface area contributed by atoms with Crippen molar-refractivity contribution in [2.45, 2.75) is 30.3 Å². The lowest BCUT2D eigenvalue weighted by Crippen LogP contribution is -2.55. The van der Waals surface area contributed by atoms with Gasteiger partial charge in [-0.3, -0.25) is 4.79 Å². The zero-order valence-corrected chi connectivity index (χ0v) is 21.2. The van der Waals surface area contributed by atoms with Gasteiger partial charge < -0.3 is 5.32 Å². The van der Waals surface area contributed by atoms with Crippen molar-refractivity contribution >= 4 is 29.0 Å². The van der Waals surface area contributed by atoms with Crippen molar-refractivity contribution in [2.24, 2.45) is 11.8 Å². The van der Waals surface area contributed by atoms with Gasteiger partial charge in [0, 0.05) is 34.0 Å². The van der Waals surface area contributed by atoms with Gasteiger partial charge in [-0.05, 0) is 64.8 Å². The standard InChI is InChI=1S/C32H27Cl2NO/c33-24-15-11-22(12-16-24)30-28-26(20-7-3-1-4-8-20)19-27(21-9-5-2-6-10-21)29(32(28)36)31(35-30)23-13-17-25(34)18-14-23/h1-18,26-31,35H,19H2. The van der Waals surface area contributed by atoms with Crippen molar-refractivity contribution < 1.29 is 4.79 Å². The Labute approximate surface area is 222 Å². The predicted octanol–water partition coefficient (Wildman–Crippen LogP) is 8.15. The van der Waals surface area contributed by atoms with Crippen molar-refractivity contribution in [3.8, 4) is 0 Å². The van der Waals surface area contributed by atoms with Crippen molar-refractivity contribution in [3.05, 3.63) is 141 Å². The summed E-state index contributed by atoms with van der Waals surface area (Å²) < 4.78 is 0. The van der Waals surface area contributed by atoms with Gasteiger partial charge in [0.05, 0.1) is 0 Å². The van der Waals surface area contributed by atoms with Gasteiger partial charge in [-0.2, -0.15) is 0 Å². The van der Waals surface area contributed by atoms with Crippen LogP contribution in [0.2, 0.25) is 10.0 Å². The fraction of sp³-hybridized carbons (Fsp3) is 0.219. The third-order valence-electron chi connectivity index (χ3n) is 8.02. The summed E-state index contributed by atoms with van der Waals surface area (Å²) in [7, 11) is 0. The zero-order valence-electron chi connectivity index (χ0n) is 19.7. The van der Waals surface area contributed by atoms with Crippen molar-refractivity contribution in [3.63, 3.8) is 0 Å². The quantitative estimate of drug-likeness (QED) is 0.299. The Morgan fingerprint density at radius 2 is 0.917 bits per heavy atom. The molecule has 0 aromatic heterocycles. The lowest BCUT2D eigenvalue weighted by atomic mass is 9.56. The summed E-state index contributed by atoms with van der Waals surface area (Å²) in [5.41, 5.74) is 4.63. The highest BCUT2D eigenvalue weighted by Gasteiger charge is 2.55. The summed E-state index contributed by atoms with van der Waals surface area (Å²) in [6.45, 7) is 0. The molecule has 6 unspecified atom stereocenters. The van der Waals surface area contributed by atoms with Crippen molar-refractivity contribution in [2.75, 3.05) is 0 Å². The van der Waals surface area contributed by atoms with E-state index in [4.69, 9.17) is 23.2 Å². The zero-order chi connectivity index (χ0) is 24.6. The molecule has 2 fully saturated rings. The number of rotatable bonds is 4. The number of fused-ring (bicyclic) bond motifs is 2. The molecule has 1 heterocycles. The second-order valence-corrected chi connectivity index (χ2v) is 10.8. The lowest BCUT2D eigenvalue weighted by Gasteiger charge is -2.52. The molecule has 6 atom stereocenters. The Kier molecular flexibility index (Phi) is 6.43. The maximum Gasteiger partial charge on any atom is 0.144 e. The summed E-state index contributed by atoms with van der Waals surface area (Å²) in [6.07, 6.45) is 0.922. The van der Waals surface area contributed by atoms with Crippen molar-refractivity contribution in [1.82, 2.24) is 5.32 Å². The minimum absolute atomic E-state index is 0.111. The highest BCUT2D eigenvalue weighted by molar-refractivity contribution is 6.30. The number of benzene rings is 4.